The molecule has 0 fully saturated rings. The van der Waals surface area contributed by atoms with E-state index in [0.29, 0.717) is 28.8 Å². The summed E-state index contributed by atoms with van der Waals surface area (Å²) in [5.74, 6) is -19.9. The molecule has 0 aromatic heterocycles. The maximum Gasteiger partial charge on any atom is 0.417 e. The molecule has 0 amide bonds. The largest absolute Gasteiger partial charge is 0.417 e. The van der Waals surface area contributed by atoms with Gasteiger partial charge in [-0.25, -0.2) is 8.78 Å². The Morgan fingerprint density at radius 3 is 2.00 bits per heavy atom. The van der Waals surface area contributed by atoms with E-state index < -0.39 is 62.2 Å². The SMILES string of the molecule is O=S(=O)(O/N=C(/c1ccc2c(c1)Cc1ccccc1-2)C(F)(F)C(F)(F)C(F)(F)C(F)F)c1ccccc1C(F)(F)F. The third kappa shape index (κ3) is 5.13. The summed E-state index contributed by atoms with van der Waals surface area (Å²) in [6, 6.07) is 11.1. The summed E-state index contributed by atoms with van der Waals surface area (Å²) in [5, 5.41) is 2.40. The van der Waals surface area contributed by atoms with E-state index in [0.717, 1.165) is 24.3 Å². The average molecular weight is 617 g/mol. The molecule has 0 atom stereocenters. The van der Waals surface area contributed by atoms with Crippen molar-refractivity contribution in [1.82, 2.24) is 0 Å². The van der Waals surface area contributed by atoms with Gasteiger partial charge in [0.25, 0.3) is 0 Å². The topological polar surface area (TPSA) is 55.7 Å². The number of hydrogen-bond donors (Lipinski definition) is 0. The van der Waals surface area contributed by atoms with Gasteiger partial charge in [-0.2, -0.15) is 47.9 Å². The Bertz CT molecular complexity index is 1620. The van der Waals surface area contributed by atoms with Crippen LogP contribution in [0.2, 0.25) is 0 Å². The van der Waals surface area contributed by atoms with Crippen molar-refractivity contribution in [2.75, 3.05) is 0 Å². The van der Waals surface area contributed by atoms with Gasteiger partial charge in [0.15, 0.2) is 5.71 Å². The lowest BCUT2D eigenvalue weighted by Gasteiger charge is -2.32. The predicted molar refractivity (Wildman–Crippen MR) is 122 cm³/mol. The van der Waals surface area contributed by atoms with Crippen LogP contribution < -0.4 is 0 Å². The Hall–Kier alpha value is -3.69. The zero-order valence-corrected chi connectivity index (χ0v) is 20.7. The Kier molecular flexibility index (Phi) is 7.38. The number of rotatable bonds is 8. The molecule has 16 heteroatoms. The van der Waals surface area contributed by atoms with Crippen molar-refractivity contribution in [3.05, 3.63) is 89.0 Å². The van der Waals surface area contributed by atoms with Gasteiger partial charge in [-0.05, 0) is 46.9 Å². The minimum atomic E-state index is -6.88. The maximum atomic E-state index is 15.1. The van der Waals surface area contributed by atoms with Crippen LogP contribution in [0.5, 0.6) is 0 Å². The molecule has 0 heterocycles. The molecule has 41 heavy (non-hydrogen) atoms. The standard InChI is InChI=1S/C25H14F11NO3S/c26-21(27)23(30,31)25(35,36)22(28,29)20(14-9-10-17-15(12-14)11-13-5-1-2-6-16(13)17)37-40-41(38,39)19-8-4-3-7-18(19)24(32,33)34/h1-10,12,21H,11H2/b37-20-. The third-order valence-electron chi connectivity index (χ3n) is 6.14. The maximum absolute atomic E-state index is 15.1. The van der Waals surface area contributed by atoms with Gasteiger partial charge in [0.1, 0.15) is 4.90 Å². The number of hydrogen-bond acceptors (Lipinski definition) is 4. The normalized spacial score (nSPS) is 14.7. The van der Waals surface area contributed by atoms with Gasteiger partial charge < -0.3 is 0 Å². The molecular formula is C25H14F11NO3S. The molecule has 4 rings (SSSR count). The van der Waals surface area contributed by atoms with Crippen molar-refractivity contribution in [2.45, 2.75) is 41.7 Å². The van der Waals surface area contributed by atoms with Crippen LogP contribution in [0.3, 0.4) is 0 Å². The van der Waals surface area contributed by atoms with E-state index in [9.17, 15) is 47.9 Å². The highest BCUT2D eigenvalue weighted by atomic mass is 32.2. The lowest BCUT2D eigenvalue weighted by atomic mass is 9.93. The number of fused-ring (bicyclic) bond motifs is 3. The van der Waals surface area contributed by atoms with Crippen molar-refractivity contribution in [3.63, 3.8) is 0 Å². The van der Waals surface area contributed by atoms with E-state index in [-0.39, 0.29) is 18.1 Å². The van der Waals surface area contributed by atoms with Gasteiger partial charge in [-0.15, -0.1) is 0 Å². The van der Waals surface area contributed by atoms with Crippen LogP contribution in [0.15, 0.2) is 76.8 Å². The van der Waals surface area contributed by atoms with Crippen LogP contribution >= 0.6 is 0 Å². The summed E-state index contributed by atoms with van der Waals surface area (Å²) in [5.41, 5.74) is -3.77. The van der Waals surface area contributed by atoms with E-state index in [2.05, 4.69) is 9.44 Å². The van der Waals surface area contributed by atoms with Crippen molar-refractivity contribution in [2.24, 2.45) is 5.16 Å². The Morgan fingerprint density at radius 2 is 1.37 bits per heavy atom. The summed E-state index contributed by atoms with van der Waals surface area (Å²) in [4.78, 5) is -1.67. The quantitative estimate of drug-likeness (QED) is 0.117. The van der Waals surface area contributed by atoms with Gasteiger partial charge in [-0.1, -0.05) is 53.7 Å². The van der Waals surface area contributed by atoms with Crippen LogP contribution in [0.4, 0.5) is 48.3 Å². The molecular weight excluding hydrogens is 603 g/mol. The molecule has 0 N–H and O–H groups in total. The zero-order valence-electron chi connectivity index (χ0n) is 19.9. The Balaban J connectivity index is 1.88. The van der Waals surface area contributed by atoms with Crippen molar-refractivity contribution in [3.8, 4) is 11.1 Å². The second-order valence-corrected chi connectivity index (χ2v) is 10.2. The Labute approximate surface area is 224 Å². The zero-order chi connectivity index (χ0) is 30.6. The number of halogens is 11. The van der Waals surface area contributed by atoms with E-state index in [1.54, 1.807) is 24.3 Å². The minimum Gasteiger partial charge on any atom is -0.264 e. The lowest BCUT2D eigenvalue weighted by molar-refractivity contribution is -0.319. The smallest absolute Gasteiger partial charge is 0.264 e. The van der Waals surface area contributed by atoms with Crippen LogP contribution in [0.25, 0.3) is 11.1 Å². The van der Waals surface area contributed by atoms with Crippen LogP contribution in [-0.2, 0) is 27.0 Å². The molecule has 0 spiro atoms. The Morgan fingerprint density at radius 1 is 0.780 bits per heavy atom. The van der Waals surface area contributed by atoms with E-state index in [1.807, 2.05) is 0 Å². The molecule has 1 aliphatic rings. The van der Waals surface area contributed by atoms with Crippen LogP contribution in [0, 0.1) is 0 Å². The average Bonchev–Trinajstić information content (AvgIpc) is 3.25. The fraction of sp³-hybridized carbons (Fsp3) is 0.240. The summed E-state index contributed by atoms with van der Waals surface area (Å²) >= 11 is 0. The number of alkyl halides is 11. The van der Waals surface area contributed by atoms with Gasteiger partial charge in [-0.3, -0.25) is 4.28 Å². The summed E-state index contributed by atoms with van der Waals surface area (Å²) in [6.07, 6.45) is -10.6. The fourth-order valence-corrected chi connectivity index (χ4v) is 5.08. The monoisotopic (exact) mass is 617 g/mol. The first-order valence-electron chi connectivity index (χ1n) is 11.1. The highest BCUT2D eigenvalue weighted by Gasteiger charge is 2.77. The van der Waals surface area contributed by atoms with E-state index in [1.165, 1.54) is 0 Å². The van der Waals surface area contributed by atoms with Crippen molar-refractivity contribution >= 4 is 15.8 Å². The van der Waals surface area contributed by atoms with Gasteiger partial charge in [0, 0.05) is 5.56 Å². The van der Waals surface area contributed by atoms with Gasteiger partial charge >= 0.3 is 40.5 Å². The molecule has 0 saturated heterocycles. The van der Waals surface area contributed by atoms with E-state index in [4.69, 9.17) is 0 Å². The molecule has 0 radical (unpaired) electrons. The van der Waals surface area contributed by atoms with Crippen molar-refractivity contribution in [1.29, 1.82) is 0 Å². The highest BCUT2D eigenvalue weighted by Crippen LogP contribution is 2.50. The first-order chi connectivity index (χ1) is 18.8. The number of benzene rings is 3. The second-order valence-electron chi connectivity index (χ2n) is 8.74. The molecule has 3 aromatic rings. The fourth-order valence-electron chi connectivity index (χ4n) is 4.12. The summed E-state index contributed by atoms with van der Waals surface area (Å²) < 4.78 is 181. The number of nitrogens with zero attached hydrogens (tertiary/aromatic N) is 1. The lowest BCUT2D eigenvalue weighted by Crippen LogP contribution is -2.60. The second kappa shape index (κ2) is 9.99. The highest BCUT2D eigenvalue weighted by molar-refractivity contribution is 7.86. The van der Waals surface area contributed by atoms with Crippen LogP contribution in [0.1, 0.15) is 22.3 Å². The molecule has 0 unspecified atom stereocenters. The minimum absolute atomic E-state index is 0.0138. The van der Waals surface area contributed by atoms with Crippen molar-refractivity contribution < 1.29 is 61.0 Å². The molecule has 1 aliphatic carbocycles. The van der Waals surface area contributed by atoms with Gasteiger partial charge in [0.05, 0.1) is 5.56 Å². The van der Waals surface area contributed by atoms with Crippen LogP contribution in [-0.4, -0.2) is 38.3 Å². The summed E-state index contributed by atoms with van der Waals surface area (Å²) in [6.45, 7) is 0. The molecule has 0 saturated carbocycles. The predicted octanol–water partition coefficient (Wildman–Crippen LogP) is 7.56. The third-order valence-corrected chi connectivity index (χ3v) is 7.31. The molecule has 4 nitrogen and oxygen atoms in total. The first-order valence-corrected chi connectivity index (χ1v) is 12.5. The molecule has 220 valence electrons. The number of oxime groups is 1. The van der Waals surface area contributed by atoms with Gasteiger partial charge in [0.2, 0.25) is 0 Å². The van der Waals surface area contributed by atoms with E-state index >= 15 is 8.78 Å². The molecule has 3 aromatic carbocycles. The first kappa shape index (κ1) is 30.3. The molecule has 0 aliphatic heterocycles. The molecule has 0 bridgehead atoms. The summed E-state index contributed by atoms with van der Waals surface area (Å²) in [7, 11) is -5.81.